The SMILES string of the molecule is CCCCCCCc1nccnc1N(CCCCCC)c1ccccc1. The van der Waals surface area contributed by atoms with E-state index in [1.165, 1.54) is 63.5 Å². The molecule has 1 heterocycles. The maximum absolute atomic E-state index is 4.73. The van der Waals surface area contributed by atoms with Crippen molar-refractivity contribution in [2.45, 2.75) is 78.1 Å². The van der Waals surface area contributed by atoms with Gasteiger partial charge in [-0.1, -0.05) is 77.0 Å². The second kappa shape index (κ2) is 12.5. The first-order valence-corrected chi connectivity index (χ1v) is 10.5. The van der Waals surface area contributed by atoms with Crippen LogP contribution < -0.4 is 4.90 Å². The molecule has 3 heteroatoms. The maximum atomic E-state index is 4.73. The fraction of sp³-hybridized carbons (Fsp3) is 0.565. The molecule has 0 aliphatic carbocycles. The minimum absolute atomic E-state index is 1.01. The molecule has 0 saturated carbocycles. The molecule has 0 amide bonds. The van der Waals surface area contributed by atoms with Gasteiger partial charge in [0.15, 0.2) is 5.82 Å². The summed E-state index contributed by atoms with van der Waals surface area (Å²) >= 11 is 0. The van der Waals surface area contributed by atoms with Gasteiger partial charge in [-0.2, -0.15) is 0 Å². The zero-order chi connectivity index (χ0) is 18.5. The summed E-state index contributed by atoms with van der Waals surface area (Å²) in [5.41, 5.74) is 2.36. The minimum atomic E-state index is 1.01. The molecule has 26 heavy (non-hydrogen) atoms. The highest BCUT2D eigenvalue weighted by molar-refractivity contribution is 5.61. The average Bonchev–Trinajstić information content (AvgIpc) is 2.69. The van der Waals surface area contributed by atoms with E-state index < -0.39 is 0 Å². The lowest BCUT2D eigenvalue weighted by Crippen LogP contribution is -2.21. The van der Waals surface area contributed by atoms with Gasteiger partial charge in [-0.15, -0.1) is 0 Å². The monoisotopic (exact) mass is 353 g/mol. The van der Waals surface area contributed by atoms with Crippen LogP contribution in [-0.2, 0) is 6.42 Å². The molecule has 1 aromatic heterocycles. The van der Waals surface area contributed by atoms with Gasteiger partial charge in [0.05, 0.1) is 5.69 Å². The van der Waals surface area contributed by atoms with E-state index in [2.05, 4.69) is 54.1 Å². The predicted octanol–water partition coefficient (Wildman–Crippen LogP) is 6.71. The molecule has 2 aromatic rings. The Bertz CT molecular complexity index is 597. The van der Waals surface area contributed by atoms with E-state index >= 15 is 0 Å². The molecule has 1 aromatic carbocycles. The molecule has 0 bridgehead atoms. The van der Waals surface area contributed by atoms with Crippen molar-refractivity contribution in [2.24, 2.45) is 0 Å². The van der Waals surface area contributed by atoms with Crippen LogP contribution in [0, 0.1) is 0 Å². The fourth-order valence-corrected chi connectivity index (χ4v) is 3.32. The molecule has 2 rings (SSSR count). The first kappa shape index (κ1) is 20.4. The van der Waals surface area contributed by atoms with Crippen LogP contribution in [0.5, 0.6) is 0 Å². The number of unbranched alkanes of at least 4 members (excludes halogenated alkanes) is 7. The summed E-state index contributed by atoms with van der Waals surface area (Å²) in [5.74, 6) is 1.05. The van der Waals surface area contributed by atoms with Gasteiger partial charge in [0.25, 0.3) is 0 Å². The van der Waals surface area contributed by atoms with Crippen LogP contribution in [0.3, 0.4) is 0 Å². The summed E-state index contributed by atoms with van der Waals surface area (Å²) in [5, 5.41) is 0. The first-order valence-electron chi connectivity index (χ1n) is 10.5. The van der Waals surface area contributed by atoms with Gasteiger partial charge in [0.2, 0.25) is 0 Å². The van der Waals surface area contributed by atoms with Crippen molar-refractivity contribution < 1.29 is 0 Å². The predicted molar refractivity (Wildman–Crippen MR) is 112 cm³/mol. The number of nitrogens with zero attached hydrogens (tertiary/aromatic N) is 3. The topological polar surface area (TPSA) is 29.0 Å². The Morgan fingerprint density at radius 2 is 1.38 bits per heavy atom. The smallest absolute Gasteiger partial charge is 0.154 e. The summed E-state index contributed by atoms with van der Waals surface area (Å²) in [6, 6.07) is 10.6. The third kappa shape index (κ3) is 6.78. The fourth-order valence-electron chi connectivity index (χ4n) is 3.32. The van der Waals surface area contributed by atoms with Crippen molar-refractivity contribution in [3.05, 3.63) is 48.4 Å². The van der Waals surface area contributed by atoms with Gasteiger partial charge in [-0.3, -0.25) is 4.98 Å². The van der Waals surface area contributed by atoms with Crippen molar-refractivity contribution in [3.63, 3.8) is 0 Å². The summed E-state index contributed by atoms with van der Waals surface area (Å²) in [6.07, 6.45) is 16.1. The molecule has 0 atom stereocenters. The Morgan fingerprint density at radius 3 is 2.12 bits per heavy atom. The standard InChI is InChI=1S/C23H35N3/c1-3-5-7-9-13-17-22-23(25-19-18-24-22)26(20-14-8-6-4-2)21-15-11-10-12-16-21/h10-12,15-16,18-19H,3-9,13-14,17,20H2,1-2H3. The van der Waals surface area contributed by atoms with E-state index in [0.717, 1.165) is 24.5 Å². The van der Waals surface area contributed by atoms with Gasteiger partial charge in [0.1, 0.15) is 0 Å². The second-order valence-electron chi connectivity index (χ2n) is 7.04. The number of para-hydroxylation sites is 1. The summed E-state index contributed by atoms with van der Waals surface area (Å²) in [4.78, 5) is 11.8. The number of aryl methyl sites for hydroxylation is 1. The van der Waals surface area contributed by atoms with E-state index in [4.69, 9.17) is 4.98 Å². The largest absolute Gasteiger partial charge is 0.325 e. The number of hydrogen-bond acceptors (Lipinski definition) is 3. The lowest BCUT2D eigenvalue weighted by molar-refractivity contribution is 0.625. The van der Waals surface area contributed by atoms with Gasteiger partial charge >= 0.3 is 0 Å². The quantitative estimate of drug-likeness (QED) is 0.375. The Morgan fingerprint density at radius 1 is 0.731 bits per heavy atom. The van der Waals surface area contributed by atoms with Gasteiger partial charge in [-0.25, -0.2) is 4.98 Å². The lowest BCUT2D eigenvalue weighted by Gasteiger charge is -2.25. The normalized spacial score (nSPS) is 10.8. The third-order valence-corrected chi connectivity index (χ3v) is 4.83. The van der Waals surface area contributed by atoms with E-state index in [1.807, 2.05) is 12.4 Å². The minimum Gasteiger partial charge on any atom is -0.325 e. The highest BCUT2D eigenvalue weighted by atomic mass is 15.2. The molecule has 0 spiro atoms. The van der Waals surface area contributed by atoms with Crippen molar-refractivity contribution >= 4 is 11.5 Å². The van der Waals surface area contributed by atoms with Crippen LogP contribution in [0.2, 0.25) is 0 Å². The molecule has 142 valence electrons. The molecule has 0 radical (unpaired) electrons. The van der Waals surface area contributed by atoms with Gasteiger partial charge in [-0.05, 0) is 31.4 Å². The highest BCUT2D eigenvalue weighted by Crippen LogP contribution is 2.27. The van der Waals surface area contributed by atoms with Crippen molar-refractivity contribution in [2.75, 3.05) is 11.4 Å². The summed E-state index contributed by atoms with van der Waals surface area (Å²) in [7, 11) is 0. The van der Waals surface area contributed by atoms with Gasteiger partial charge in [0, 0.05) is 24.6 Å². The highest BCUT2D eigenvalue weighted by Gasteiger charge is 2.15. The van der Waals surface area contributed by atoms with Crippen LogP contribution in [0.25, 0.3) is 0 Å². The van der Waals surface area contributed by atoms with Crippen LogP contribution in [-0.4, -0.2) is 16.5 Å². The van der Waals surface area contributed by atoms with E-state index in [1.54, 1.807) is 0 Å². The molecule has 0 N–H and O–H groups in total. The first-order chi connectivity index (χ1) is 12.9. The molecular formula is C23H35N3. The van der Waals surface area contributed by atoms with Crippen LogP contribution >= 0.6 is 0 Å². The number of anilines is 2. The summed E-state index contributed by atoms with van der Waals surface area (Å²) < 4.78 is 0. The number of aromatic nitrogens is 2. The second-order valence-corrected chi connectivity index (χ2v) is 7.04. The molecule has 3 nitrogen and oxygen atoms in total. The maximum Gasteiger partial charge on any atom is 0.154 e. The van der Waals surface area contributed by atoms with Crippen molar-refractivity contribution in [1.82, 2.24) is 9.97 Å². The zero-order valence-corrected chi connectivity index (χ0v) is 16.7. The van der Waals surface area contributed by atoms with E-state index in [-0.39, 0.29) is 0 Å². The molecule has 0 aliphatic heterocycles. The summed E-state index contributed by atoms with van der Waals surface area (Å²) in [6.45, 7) is 5.52. The van der Waals surface area contributed by atoms with Crippen LogP contribution in [0.4, 0.5) is 11.5 Å². The molecule has 0 fully saturated rings. The van der Waals surface area contributed by atoms with Crippen molar-refractivity contribution in [1.29, 1.82) is 0 Å². The Labute approximate surface area is 159 Å². The Kier molecular flexibility index (Phi) is 9.78. The molecule has 0 saturated heterocycles. The Balaban J connectivity index is 2.10. The Hall–Kier alpha value is -1.90. The molecule has 0 aliphatic rings. The zero-order valence-electron chi connectivity index (χ0n) is 16.7. The van der Waals surface area contributed by atoms with Crippen LogP contribution in [0.1, 0.15) is 77.3 Å². The third-order valence-electron chi connectivity index (χ3n) is 4.83. The molecular weight excluding hydrogens is 318 g/mol. The lowest BCUT2D eigenvalue weighted by atomic mass is 10.1. The average molecular weight is 354 g/mol. The van der Waals surface area contributed by atoms with Gasteiger partial charge < -0.3 is 4.90 Å². The number of rotatable bonds is 13. The van der Waals surface area contributed by atoms with Crippen LogP contribution in [0.15, 0.2) is 42.7 Å². The van der Waals surface area contributed by atoms with Crippen molar-refractivity contribution in [3.8, 4) is 0 Å². The van der Waals surface area contributed by atoms with E-state index in [9.17, 15) is 0 Å². The number of benzene rings is 1. The number of hydrogen-bond donors (Lipinski definition) is 0. The molecule has 0 unspecified atom stereocenters. The van der Waals surface area contributed by atoms with E-state index in [0.29, 0.717) is 0 Å².